The first-order valence-corrected chi connectivity index (χ1v) is 3.60. The largest absolute Gasteiger partial charge is 0.500 e. The Kier molecular flexibility index (Phi) is 4.36. The Morgan fingerprint density at radius 1 is 1.42 bits per heavy atom. The SMILES string of the molecule is C=C(OC)C(N)C(C)C(=O)OC. The normalized spacial score (nSPS) is 14.7. The van der Waals surface area contributed by atoms with Gasteiger partial charge in [0.1, 0.15) is 5.76 Å². The van der Waals surface area contributed by atoms with E-state index in [9.17, 15) is 4.79 Å². The minimum Gasteiger partial charge on any atom is -0.500 e. The summed E-state index contributed by atoms with van der Waals surface area (Å²) in [6, 6.07) is -0.512. The molecule has 2 unspecified atom stereocenters. The second kappa shape index (κ2) is 4.77. The minimum absolute atomic E-state index is 0.360. The molecule has 0 spiro atoms. The quantitative estimate of drug-likeness (QED) is 0.490. The average Bonchev–Trinajstić information content (AvgIpc) is 2.12. The fourth-order valence-corrected chi connectivity index (χ4v) is 0.747. The van der Waals surface area contributed by atoms with Crippen LogP contribution in [0.2, 0.25) is 0 Å². The number of esters is 1. The molecule has 0 heterocycles. The molecule has 4 nitrogen and oxygen atoms in total. The van der Waals surface area contributed by atoms with E-state index >= 15 is 0 Å². The van der Waals surface area contributed by atoms with Crippen molar-refractivity contribution in [3.05, 3.63) is 12.3 Å². The van der Waals surface area contributed by atoms with E-state index in [4.69, 9.17) is 10.5 Å². The summed E-state index contributed by atoms with van der Waals surface area (Å²) in [6.07, 6.45) is 0. The Bertz CT molecular complexity index is 159. The zero-order valence-electron chi connectivity index (χ0n) is 7.66. The highest BCUT2D eigenvalue weighted by molar-refractivity contribution is 5.73. The Hall–Kier alpha value is -1.03. The van der Waals surface area contributed by atoms with Gasteiger partial charge in [-0.2, -0.15) is 0 Å². The van der Waals surface area contributed by atoms with Gasteiger partial charge in [-0.05, 0) is 6.92 Å². The van der Waals surface area contributed by atoms with Crippen molar-refractivity contribution in [3.8, 4) is 0 Å². The maximum atomic E-state index is 11.0. The Morgan fingerprint density at radius 3 is 2.25 bits per heavy atom. The zero-order valence-corrected chi connectivity index (χ0v) is 7.66. The maximum absolute atomic E-state index is 11.0. The predicted octanol–water partition coefficient (Wildman–Crippen LogP) is 0.283. The molecular formula is C8H15NO3. The van der Waals surface area contributed by atoms with Crippen molar-refractivity contribution in [2.45, 2.75) is 13.0 Å². The van der Waals surface area contributed by atoms with Crippen molar-refractivity contribution in [2.24, 2.45) is 11.7 Å². The molecular weight excluding hydrogens is 158 g/mol. The van der Waals surface area contributed by atoms with Crippen LogP contribution in [0.5, 0.6) is 0 Å². The monoisotopic (exact) mass is 173 g/mol. The summed E-state index contributed by atoms with van der Waals surface area (Å²) >= 11 is 0. The molecule has 0 amide bonds. The van der Waals surface area contributed by atoms with Crippen LogP contribution in [0.4, 0.5) is 0 Å². The van der Waals surface area contributed by atoms with Gasteiger partial charge in [-0.3, -0.25) is 4.79 Å². The summed E-state index contributed by atoms with van der Waals surface area (Å²) < 4.78 is 9.31. The highest BCUT2D eigenvalue weighted by Gasteiger charge is 2.23. The van der Waals surface area contributed by atoms with Gasteiger partial charge in [0.05, 0.1) is 26.2 Å². The van der Waals surface area contributed by atoms with E-state index in [1.807, 2.05) is 0 Å². The third-order valence-corrected chi connectivity index (χ3v) is 1.75. The topological polar surface area (TPSA) is 61.5 Å². The number of nitrogens with two attached hydrogens (primary N) is 1. The Balaban J connectivity index is 4.18. The van der Waals surface area contributed by atoms with Crippen molar-refractivity contribution in [3.63, 3.8) is 0 Å². The van der Waals surface area contributed by atoms with E-state index in [-0.39, 0.29) is 5.97 Å². The summed E-state index contributed by atoms with van der Waals surface area (Å²) in [5.41, 5.74) is 5.62. The lowest BCUT2D eigenvalue weighted by Gasteiger charge is -2.18. The van der Waals surface area contributed by atoms with Gasteiger partial charge in [-0.1, -0.05) is 6.58 Å². The fourth-order valence-electron chi connectivity index (χ4n) is 0.747. The molecule has 12 heavy (non-hydrogen) atoms. The van der Waals surface area contributed by atoms with Gasteiger partial charge >= 0.3 is 5.97 Å². The number of methoxy groups -OCH3 is 2. The van der Waals surface area contributed by atoms with E-state index < -0.39 is 12.0 Å². The Labute approximate surface area is 72.3 Å². The molecule has 2 N–H and O–H groups in total. The van der Waals surface area contributed by atoms with Gasteiger partial charge in [-0.15, -0.1) is 0 Å². The lowest BCUT2D eigenvalue weighted by molar-refractivity contribution is -0.145. The molecule has 0 bridgehead atoms. The molecule has 0 aromatic carbocycles. The third-order valence-electron chi connectivity index (χ3n) is 1.75. The van der Waals surface area contributed by atoms with Gasteiger partial charge in [0.15, 0.2) is 0 Å². The summed E-state index contributed by atoms with van der Waals surface area (Å²) in [7, 11) is 2.79. The van der Waals surface area contributed by atoms with Crippen LogP contribution in [-0.2, 0) is 14.3 Å². The van der Waals surface area contributed by atoms with Crippen molar-refractivity contribution < 1.29 is 14.3 Å². The highest BCUT2D eigenvalue weighted by atomic mass is 16.5. The number of carbonyl (C=O) groups excluding carboxylic acids is 1. The molecule has 0 aromatic rings. The first-order chi connectivity index (χ1) is 5.54. The van der Waals surface area contributed by atoms with Crippen LogP contribution in [0.3, 0.4) is 0 Å². The summed E-state index contributed by atoms with van der Waals surface area (Å²) in [4.78, 5) is 11.0. The third kappa shape index (κ3) is 2.54. The fraction of sp³-hybridized carbons (Fsp3) is 0.625. The lowest BCUT2D eigenvalue weighted by Crippen LogP contribution is -2.36. The van der Waals surface area contributed by atoms with Crippen molar-refractivity contribution in [1.82, 2.24) is 0 Å². The summed E-state index contributed by atoms with van der Waals surface area (Å²) in [5, 5.41) is 0. The molecule has 0 fully saturated rings. The van der Waals surface area contributed by atoms with Gasteiger partial charge in [-0.25, -0.2) is 0 Å². The predicted molar refractivity (Wildman–Crippen MR) is 45.3 cm³/mol. The molecule has 0 saturated heterocycles. The van der Waals surface area contributed by atoms with E-state index in [1.54, 1.807) is 6.92 Å². The molecule has 0 aliphatic heterocycles. The van der Waals surface area contributed by atoms with Crippen molar-refractivity contribution >= 4 is 5.97 Å². The second-order valence-electron chi connectivity index (χ2n) is 2.51. The number of carbonyl (C=O) groups is 1. The number of rotatable bonds is 4. The molecule has 0 aliphatic carbocycles. The molecule has 2 atom stereocenters. The van der Waals surface area contributed by atoms with Crippen LogP contribution in [0.25, 0.3) is 0 Å². The first kappa shape index (κ1) is 11.0. The second-order valence-corrected chi connectivity index (χ2v) is 2.51. The number of hydrogen-bond donors (Lipinski definition) is 1. The molecule has 0 aliphatic rings. The highest BCUT2D eigenvalue weighted by Crippen LogP contribution is 2.10. The van der Waals surface area contributed by atoms with E-state index in [2.05, 4.69) is 11.3 Å². The van der Waals surface area contributed by atoms with E-state index in [1.165, 1.54) is 14.2 Å². The van der Waals surface area contributed by atoms with E-state index in [0.29, 0.717) is 5.76 Å². The zero-order chi connectivity index (χ0) is 9.72. The van der Waals surface area contributed by atoms with Crippen LogP contribution >= 0.6 is 0 Å². The maximum Gasteiger partial charge on any atom is 0.310 e. The van der Waals surface area contributed by atoms with Crippen LogP contribution < -0.4 is 5.73 Å². The minimum atomic E-state index is -0.512. The molecule has 0 aromatic heterocycles. The average molecular weight is 173 g/mol. The van der Waals surface area contributed by atoms with E-state index in [0.717, 1.165) is 0 Å². The van der Waals surface area contributed by atoms with Crippen molar-refractivity contribution in [2.75, 3.05) is 14.2 Å². The molecule has 0 saturated carbocycles. The van der Waals surface area contributed by atoms with Crippen LogP contribution in [0, 0.1) is 5.92 Å². The Morgan fingerprint density at radius 2 is 1.92 bits per heavy atom. The number of hydrogen-bond acceptors (Lipinski definition) is 4. The molecule has 70 valence electrons. The first-order valence-electron chi connectivity index (χ1n) is 3.60. The van der Waals surface area contributed by atoms with Crippen LogP contribution in [0.1, 0.15) is 6.92 Å². The van der Waals surface area contributed by atoms with Crippen molar-refractivity contribution in [1.29, 1.82) is 0 Å². The summed E-state index contributed by atoms with van der Waals surface area (Å²) in [5.74, 6) is -0.406. The molecule has 0 rings (SSSR count). The van der Waals surface area contributed by atoms with Gasteiger partial charge < -0.3 is 15.2 Å². The smallest absolute Gasteiger partial charge is 0.310 e. The lowest BCUT2D eigenvalue weighted by atomic mass is 10.0. The van der Waals surface area contributed by atoms with Gasteiger partial charge in [0.2, 0.25) is 0 Å². The van der Waals surface area contributed by atoms with Gasteiger partial charge in [0.25, 0.3) is 0 Å². The molecule has 0 radical (unpaired) electrons. The number of ether oxygens (including phenoxy) is 2. The van der Waals surface area contributed by atoms with Gasteiger partial charge in [0, 0.05) is 0 Å². The standard InChI is InChI=1S/C8H15NO3/c1-5(8(10)12-4)7(9)6(2)11-3/h5,7H,2,9H2,1,3-4H3. The van der Waals surface area contributed by atoms with Crippen LogP contribution in [0.15, 0.2) is 12.3 Å². The van der Waals surface area contributed by atoms with Crippen LogP contribution in [-0.4, -0.2) is 26.2 Å². The molecule has 4 heteroatoms. The summed E-state index contributed by atoms with van der Waals surface area (Å²) in [6.45, 7) is 5.22.